The van der Waals surface area contributed by atoms with Gasteiger partial charge in [0, 0.05) is 41.4 Å². The second-order valence-electron chi connectivity index (χ2n) is 5.99. The molecular weight excluding hydrogens is 304 g/mol. The van der Waals surface area contributed by atoms with Crippen LogP contribution in [-0.2, 0) is 0 Å². The summed E-state index contributed by atoms with van der Waals surface area (Å²) in [5.41, 5.74) is 2.57. The molecule has 1 aliphatic heterocycles. The summed E-state index contributed by atoms with van der Waals surface area (Å²) in [4.78, 5) is 2.41. The van der Waals surface area contributed by atoms with Gasteiger partial charge in [-0.05, 0) is 44.9 Å². The van der Waals surface area contributed by atoms with E-state index in [1.165, 1.54) is 11.3 Å². The van der Waals surface area contributed by atoms with Gasteiger partial charge in [0.05, 0.1) is 0 Å². The zero-order valence-corrected chi connectivity index (χ0v) is 13.5. The predicted molar refractivity (Wildman–Crippen MR) is 83.8 cm³/mol. The van der Waals surface area contributed by atoms with Crippen LogP contribution in [-0.4, -0.2) is 36.4 Å². The van der Waals surface area contributed by atoms with Gasteiger partial charge < -0.3 is 15.3 Å². The molecule has 3 nitrogen and oxygen atoms in total. The molecule has 0 aromatic heterocycles. The van der Waals surface area contributed by atoms with Crippen molar-refractivity contribution in [1.82, 2.24) is 5.32 Å². The molecule has 0 saturated carbocycles. The molecule has 106 valence electrons. The number of aliphatic hydroxyl groups is 1. The highest BCUT2D eigenvalue weighted by molar-refractivity contribution is 9.10. The average molecular weight is 327 g/mol. The predicted octanol–water partition coefficient (Wildman–Crippen LogP) is 2.70. The molecule has 19 heavy (non-hydrogen) atoms. The second-order valence-corrected chi connectivity index (χ2v) is 6.85. The molecule has 1 atom stereocenters. The van der Waals surface area contributed by atoms with E-state index < -0.39 is 0 Å². The molecule has 1 aromatic carbocycles. The van der Waals surface area contributed by atoms with Gasteiger partial charge in [-0.2, -0.15) is 0 Å². The van der Waals surface area contributed by atoms with E-state index in [0.717, 1.165) is 24.0 Å². The molecule has 2 N–H and O–H groups in total. The lowest BCUT2D eigenvalue weighted by Gasteiger charge is -2.46. The van der Waals surface area contributed by atoms with E-state index in [9.17, 15) is 5.11 Å². The molecule has 0 amide bonds. The largest absolute Gasteiger partial charge is 0.396 e. The van der Waals surface area contributed by atoms with Crippen LogP contribution < -0.4 is 10.2 Å². The van der Waals surface area contributed by atoms with E-state index in [0.29, 0.717) is 6.04 Å². The standard InChI is InChI=1S/C15H23BrN2O/c1-11-4-5-12(8-14(11)16)18-10-15(2,3)17-9-13(18)6-7-19/h4-5,8,13,17,19H,6-7,9-10H2,1-3H3. The Morgan fingerprint density at radius 3 is 2.84 bits per heavy atom. The van der Waals surface area contributed by atoms with E-state index in [-0.39, 0.29) is 12.1 Å². The number of hydrogen-bond acceptors (Lipinski definition) is 3. The molecule has 0 bridgehead atoms. The zero-order valence-electron chi connectivity index (χ0n) is 11.9. The number of nitrogens with one attached hydrogen (secondary N) is 1. The monoisotopic (exact) mass is 326 g/mol. The summed E-state index contributed by atoms with van der Waals surface area (Å²) in [5.74, 6) is 0. The van der Waals surface area contributed by atoms with Crippen LogP contribution in [0.15, 0.2) is 22.7 Å². The van der Waals surface area contributed by atoms with Crippen LogP contribution in [0.5, 0.6) is 0 Å². The number of hydrogen-bond donors (Lipinski definition) is 2. The second kappa shape index (κ2) is 5.81. The van der Waals surface area contributed by atoms with Gasteiger partial charge >= 0.3 is 0 Å². The molecule has 1 fully saturated rings. The smallest absolute Gasteiger partial charge is 0.0451 e. The first-order chi connectivity index (χ1) is 8.93. The lowest BCUT2D eigenvalue weighted by Crippen LogP contribution is -2.62. The van der Waals surface area contributed by atoms with E-state index in [4.69, 9.17) is 0 Å². The number of benzene rings is 1. The third-order valence-electron chi connectivity index (χ3n) is 3.77. The summed E-state index contributed by atoms with van der Waals surface area (Å²) < 4.78 is 1.14. The molecule has 1 aliphatic rings. The van der Waals surface area contributed by atoms with Crippen LogP contribution >= 0.6 is 15.9 Å². The average Bonchev–Trinajstić information content (AvgIpc) is 2.35. The van der Waals surface area contributed by atoms with Crippen molar-refractivity contribution in [1.29, 1.82) is 0 Å². The van der Waals surface area contributed by atoms with Gasteiger partial charge in [0.2, 0.25) is 0 Å². The Hall–Kier alpha value is -0.580. The summed E-state index contributed by atoms with van der Waals surface area (Å²) in [5, 5.41) is 12.8. The molecule has 1 saturated heterocycles. The highest BCUT2D eigenvalue weighted by Crippen LogP contribution is 2.28. The van der Waals surface area contributed by atoms with Crippen molar-refractivity contribution in [2.45, 2.75) is 38.8 Å². The maximum atomic E-state index is 9.25. The summed E-state index contributed by atoms with van der Waals surface area (Å²) >= 11 is 3.61. The van der Waals surface area contributed by atoms with E-state index in [1.54, 1.807) is 0 Å². The molecule has 1 heterocycles. The number of piperazine rings is 1. The quantitative estimate of drug-likeness (QED) is 0.896. The van der Waals surface area contributed by atoms with Crippen molar-refractivity contribution in [3.8, 4) is 0 Å². The first kappa shape index (κ1) is 14.8. The summed E-state index contributed by atoms with van der Waals surface area (Å²) in [6.07, 6.45) is 0.800. The Bertz CT molecular complexity index is 448. The van der Waals surface area contributed by atoms with Crippen molar-refractivity contribution in [3.05, 3.63) is 28.2 Å². The van der Waals surface area contributed by atoms with Crippen LogP contribution in [0.25, 0.3) is 0 Å². The maximum Gasteiger partial charge on any atom is 0.0451 e. The van der Waals surface area contributed by atoms with E-state index in [1.807, 2.05) is 0 Å². The fourth-order valence-corrected chi connectivity index (χ4v) is 2.95. The lowest BCUT2D eigenvalue weighted by atomic mass is 9.96. The first-order valence-corrected chi connectivity index (χ1v) is 7.61. The molecule has 0 radical (unpaired) electrons. The highest BCUT2D eigenvalue weighted by atomic mass is 79.9. The number of anilines is 1. The third-order valence-corrected chi connectivity index (χ3v) is 4.63. The maximum absolute atomic E-state index is 9.25. The molecular formula is C15H23BrN2O. The van der Waals surface area contributed by atoms with Gasteiger partial charge in [0.1, 0.15) is 0 Å². The van der Waals surface area contributed by atoms with Crippen LogP contribution in [0.4, 0.5) is 5.69 Å². The molecule has 1 aromatic rings. The zero-order chi connectivity index (χ0) is 14.0. The number of nitrogens with zero attached hydrogens (tertiary/aromatic N) is 1. The van der Waals surface area contributed by atoms with Crippen molar-refractivity contribution in [3.63, 3.8) is 0 Å². The van der Waals surface area contributed by atoms with Gasteiger partial charge in [-0.15, -0.1) is 0 Å². The van der Waals surface area contributed by atoms with Crippen LogP contribution in [0.2, 0.25) is 0 Å². The minimum Gasteiger partial charge on any atom is -0.396 e. The summed E-state index contributed by atoms with van der Waals surface area (Å²) in [7, 11) is 0. The fraction of sp³-hybridized carbons (Fsp3) is 0.600. The minimum atomic E-state index is 0.101. The molecule has 2 rings (SSSR count). The van der Waals surface area contributed by atoms with Crippen molar-refractivity contribution in [2.24, 2.45) is 0 Å². The fourth-order valence-electron chi connectivity index (χ4n) is 2.58. The molecule has 1 unspecified atom stereocenters. The Labute approximate surface area is 124 Å². The van der Waals surface area contributed by atoms with Gasteiger partial charge in [-0.1, -0.05) is 22.0 Å². The Kier molecular flexibility index (Phi) is 4.54. The van der Waals surface area contributed by atoms with E-state index >= 15 is 0 Å². The van der Waals surface area contributed by atoms with Crippen molar-refractivity contribution >= 4 is 21.6 Å². The van der Waals surface area contributed by atoms with Gasteiger partial charge in [0.25, 0.3) is 0 Å². The molecule has 4 heteroatoms. The number of halogens is 1. The normalized spacial score (nSPS) is 22.6. The minimum absolute atomic E-state index is 0.101. The van der Waals surface area contributed by atoms with E-state index in [2.05, 4.69) is 65.1 Å². The highest BCUT2D eigenvalue weighted by Gasteiger charge is 2.32. The van der Waals surface area contributed by atoms with Gasteiger partial charge in [-0.25, -0.2) is 0 Å². The lowest BCUT2D eigenvalue weighted by molar-refractivity contribution is 0.241. The third kappa shape index (κ3) is 3.50. The Morgan fingerprint density at radius 1 is 1.47 bits per heavy atom. The number of aliphatic hydroxyl groups excluding tert-OH is 1. The first-order valence-electron chi connectivity index (χ1n) is 6.81. The van der Waals surface area contributed by atoms with Crippen molar-refractivity contribution in [2.75, 3.05) is 24.6 Å². The van der Waals surface area contributed by atoms with Crippen LogP contribution in [0.1, 0.15) is 25.8 Å². The Morgan fingerprint density at radius 2 is 2.21 bits per heavy atom. The van der Waals surface area contributed by atoms with Crippen molar-refractivity contribution < 1.29 is 5.11 Å². The number of aryl methyl sites for hydroxylation is 1. The molecule has 0 spiro atoms. The molecule has 0 aliphatic carbocycles. The Balaban J connectivity index is 2.27. The summed E-state index contributed by atoms with van der Waals surface area (Å²) in [6, 6.07) is 6.85. The topological polar surface area (TPSA) is 35.5 Å². The van der Waals surface area contributed by atoms with Crippen LogP contribution in [0.3, 0.4) is 0 Å². The van der Waals surface area contributed by atoms with Gasteiger partial charge in [0.15, 0.2) is 0 Å². The van der Waals surface area contributed by atoms with Crippen LogP contribution in [0, 0.1) is 6.92 Å². The van der Waals surface area contributed by atoms with Gasteiger partial charge in [-0.3, -0.25) is 0 Å². The SMILES string of the molecule is Cc1ccc(N2CC(C)(C)NCC2CCO)cc1Br. The number of rotatable bonds is 3. The summed E-state index contributed by atoms with van der Waals surface area (Å²) in [6.45, 7) is 8.64.